The van der Waals surface area contributed by atoms with Crippen molar-refractivity contribution in [3.8, 4) is 0 Å². The fourth-order valence-electron chi connectivity index (χ4n) is 3.11. The molecule has 10 heteroatoms. The lowest BCUT2D eigenvalue weighted by molar-refractivity contribution is -0.138. The van der Waals surface area contributed by atoms with E-state index in [9.17, 15) is 9.59 Å². The molecule has 0 aliphatic carbocycles. The van der Waals surface area contributed by atoms with Gasteiger partial charge in [0.1, 0.15) is 23.7 Å². The van der Waals surface area contributed by atoms with Crippen LogP contribution < -0.4 is 5.32 Å². The Morgan fingerprint density at radius 1 is 1.35 bits per heavy atom. The van der Waals surface area contributed by atoms with Crippen LogP contribution >= 0.6 is 0 Å². The summed E-state index contributed by atoms with van der Waals surface area (Å²) in [5, 5.41) is 15.9. The van der Waals surface area contributed by atoms with Gasteiger partial charge in [-0.3, -0.25) is 14.5 Å². The van der Waals surface area contributed by atoms with Crippen molar-refractivity contribution in [3.05, 3.63) is 29.9 Å². The van der Waals surface area contributed by atoms with E-state index < -0.39 is 5.97 Å². The number of nitrogens with zero attached hydrogens (tertiary/aromatic N) is 6. The van der Waals surface area contributed by atoms with Crippen molar-refractivity contribution in [3.63, 3.8) is 0 Å². The number of nitrogens with one attached hydrogen (secondary N) is 1. The van der Waals surface area contributed by atoms with Crippen molar-refractivity contribution in [2.24, 2.45) is 0 Å². The molecular formula is C16H23N7O3. The summed E-state index contributed by atoms with van der Waals surface area (Å²) in [6.07, 6.45) is 3.82. The summed E-state index contributed by atoms with van der Waals surface area (Å²) in [6.45, 7) is 6.37. The first-order chi connectivity index (χ1) is 12.5. The first-order valence-corrected chi connectivity index (χ1v) is 8.66. The fraction of sp³-hybridized carbons (Fsp3) is 0.562. The molecule has 0 saturated carbocycles. The molecule has 2 N–H and O–H groups in total. The van der Waals surface area contributed by atoms with Crippen LogP contribution in [0.5, 0.6) is 0 Å². The quantitative estimate of drug-likeness (QED) is 0.739. The van der Waals surface area contributed by atoms with Crippen LogP contribution in [0.1, 0.15) is 42.0 Å². The van der Waals surface area contributed by atoms with Crippen LogP contribution in [-0.4, -0.2) is 65.8 Å². The number of carbonyl (C=O) groups excluding carboxylic acids is 1. The van der Waals surface area contributed by atoms with Gasteiger partial charge in [-0.05, 0) is 13.8 Å². The molecule has 0 saturated heterocycles. The molecule has 2 aromatic rings. The van der Waals surface area contributed by atoms with Gasteiger partial charge in [0.15, 0.2) is 0 Å². The summed E-state index contributed by atoms with van der Waals surface area (Å²) in [5.74, 6) is 0.406. The maximum atomic E-state index is 12.5. The lowest BCUT2D eigenvalue weighted by Crippen LogP contribution is -2.32. The van der Waals surface area contributed by atoms with Gasteiger partial charge in [0.25, 0.3) is 5.91 Å². The Bertz CT molecular complexity index is 772. The van der Waals surface area contributed by atoms with Gasteiger partial charge in [-0.15, -0.1) is 0 Å². The van der Waals surface area contributed by atoms with E-state index in [-0.39, 0.29) is 18.5 Å². The number of imidazole rings is 1. The molecular weight excluding hydrogens is 338 g/mol. The fourth-order valence-corrected chi connectivity index (χ4v) is 3.11. The first kappa shape index (κ1) is 18.1. The smallest absolute Gasteiger partial charge is 0.317 e. The average Bonchev–Trinajstić information content (AvgIpc) is 3.20. The monoisotopic (exact) mass is 361 g/mol. The summed E-state index contributed by atoms with van der Waals surface area (Å²) >= 11 is 0. The second kappa shape index (κ2) is 7.65. The van der Waals surface area contributed by atoms with Gasteiger partial charge in [-0.1, -0.05) is 0 Å². The van der Waals surface area contributed by atoms with Gasteiger partial charge in [-0.2, -0.15) is 5.10 Å². The summed E-state index contributed by atoms with van der Waals surface area (Å²) < 4.78 is 3.67. The molecule has 1 atom stereocenters. The average molecular weight is 361 g/mol. The molecule has 1 amide bonds. The Kier molecular flexibility index (Phi) is 5.31. The number of aromatic nitrogens is 5. The number of amides is 1. The number of hydrogen-bond donors (Lipinski definition) is 2. The Balaban J connectivity index is 1.65. The number of carboxylic acid groups (broad SMARTS) is 1. The van der Waals surface area contributed by atoms with Crippen LogP contribution in [0.25, 0.3) is 0 Å². The van der Waals surface area contributed by atoms with E-state index in [0.717, 1.165) is 5.82 Å². The minimum Gasteiger partial charge on any atom is -0.480 e. The molecule has 2 aromatic heterocycles. The maximum absolute atomic E-state index is 12.5. The minimum atomic E-state index is -0.835. The molecule has 0 bridgehead atoms. The lowest BCUT2D eigenvalue weighted by atomic mass is 10.3. The van der Waals surface area contributed by atoms with Crippen molar-refractivity contribution >= 4 is 11.9 Å². The predicted molar refractivity (Wildman–Crippen MR) is 91.6 cm³/mol. The van der Waals surface area contributed by atoms with E-state index >= 15 is 0 Å². The van der Waals surface area contributed by atoms with Crippen molar-refractivity contribution in [2.75, 3.05) is 19.6 Å². The number of carboxylic acids is 1. The zero-order valence-electron chi connectivity index (χ0n) is 14.9. The predicted octanol–water partition coefficient (Wildman–Crippen LogP) is -0.0718. The maximum Gasteiger partial charge on any atom is 0.317 e. The van der Waals surface area contributed by atoms with E-state index in [1.807, 2.05) is 23.3 Å². The van der Waals surface area contributed by atoms with Crippen molar-refractivity contribution in [1.29, 1.82) is 0 Å². The molecule has 1 aliphatic rings. The highest BCUT2D eigenvalue weighted by Crippen LogP contribution is 2.13. The van der Waals surface area contributed by atoms with E-state index in [1.165, 1.54) is 6.33 Å². The van der Waals surface area contributed by atoms with Crippen molar-refractivity contribution in [2.45, 2.75) is 39.4 Å². The molecule has 0 fully saturated rings. The third kappa shape index (κ3) is 3.90. The molecule has 0 radical (unpaired) electrons. The Hall–Kier alpha value is -2.75. The second-order valence-electron chi connectivity index (χ2n) is 6.28. The molecule has 26 heavy (non-hydrogen) atoms. The van der Waals surface area contributed by atoms with Crippen LogP contribution in [0.2, 0.25) is 0 Å². The number of aryl methyl sites for hydroxylation is 1. The number of hydrogen-bond acceptors (Lipinski definition) is 6. The lowest BCUT2D eigenvalue weighted by Gasteiger charge is -2.16. The van der Waals surface area contributed by atoms with E-state index in [0.29, 0.717) is 44.1 Å². The van der Waals surface area contributed by atoms with Gasteiger partial charge in [0.2, 0.25) is 0 Å². The summed E-state index contributed by atoms with van der Waals surface area (Å²) in [5.41, 5.74) is 0.362. The Morgan fingerprint density at radius 2 is 2.15 bits per heavy atom. The summed E-state index contributed by atoms with van der Waals surface area (Å²) in [7, 11) is 0. The van der Waals surface area contributed by atoms with Gasteiger partial charge >= 0.3 is 5.97 Å². The molecule has 1 aliphatic heterocycles. The van der Waals surface area contributed by atoms with Gasteiger partial charge in [0.05, 0.1) is 12.6 Å². The summed E-state index contributed by atoms with van der Waals surface area (Å²) in [4.78, 5) is 33.9. The number of aliphatic carboxylic acids is 1. The summed E-state index contributed by atoms with van der Waals surface area (Å²) in [6, 6.07) is -0.280. The minimum absolute atomic E-state index is 0.0216. The standard InChI is InChI=1S/C16H23N7O3/c1-3-23-15(17-10-18-23)11(2)19-16(26)12-8-22-7-6-21(9-14(24)25)5-4-13(22)20-12/h8,10-11H,3-7,9H2,1-2H3,(H,19,26)(H,24,25). The van der Waals surface area contributed by atoms with Crippen LogP contribution in [0, 0.1) is 0 Å². The third-order valence-corrected chi connectivity index (χ3v) is 4.44. The van der Waals surface area contributed by atoms with Gasteiger partial charge < -0.3 is 15.0 Å². The normalized spacial score (nSPS) is 15.9. The molecule has 0 aromatic carbocycles. The molecule has 0 spiro atoms. The molecule has 3 rings (SSSR count). The topological polar surface area (TPSA) is 118 Å². The highest BCUT2D eigenvalue weighted by atomic mass is 16.4. The van der Waals surface area contributed by atoms with Crippen LogP contribution in [0.15, 0.2) is 12.5 Å². The number of carbonyl (C=O) groups is 2. The SMILES string of the molecule is CCn1ncnc1C(C)NC(=O)c1cn2c(n1)CCN(CC(=O)O)CC2. The largest absolute Gasteiger partial charge is 0.480 e. The highest BCUT2D eigenvalue weighted by molar-refractivity contribution is 5.92. The van der Waals surface area contributed by atoms with E-state index in [4.69, 9.17) is 5.11 Å². The number of rotatable bonds is 6. The highest BCUT2D eigenvalue weighted by Gasteiger charge is 2.22. The molecule has 10 nitrogen and oxygen atoms in total. The van der Waals surface area contributed by atoms with Crippen LogP contribution in [0.4, 0.5) is 0 Å². The molecule has 140 valence electrons. The van der Waals surface area contributed by atoms with Crippen molar-refractivity contribution < 1.29 is 14.7 Å². The Labute approximate surface area is 150 Å². The second-order valence-corrected chi connectivity index (χ2v) is 6.28. The van der Waals surface area contributed by atoms with Gasteiger partial charge in [0, 0.05) is 38.8 Å². The van der Waals surface area contributed by atoms with Crippen LogP contribution in [0.3, 0.4) is 0 Å². The first-order valence-electron chi connectivity index (χ1n) is 8.66. The van der Waals surface area contributed by atoms with Crippen molar-refractivity contribution in [1.82, 2.24) is 34.5 Å². The number of fused-ring (bicyclic) bond motifs is 1. The van der Waals surface area contributed by atoms with E-state index in [2.05, 4.69) is 20.4 Å². The molecule has 1 unspecified atom stereocenters. The Morgan fingerprint density at radius 3 is 2.88 bits per heavy atom. The molecule has 3 heterocycles. The third-order valence-electron chi connectivity index (χ3n) is 4.44. The van der Waals surface area contributed by atoms with Crippen LogP contribution in [-0.2, 0) is 24.3 Å². The van der Waals surface area contributed by atoms with E-state index in [1.54, 1.807) is 10.9 Å². The van der Waals surface area contributed by atoms with Gasteiger partial charge in [-0.25, -0.2) is 14.6 Å². The zero-order valence-corrected chi connectivity index (χ0v) is 14.9. The zero-order chi connectivity index (χ0) is 18.7.